The lowest BCUT2D eigenvalue weighted by molar-refractivity contribution is -0.124. The number of rotatable bonds is 5. The minimum atomic E-state index is 0.0918. The SMILES string of the molecule is O=C(NCCCN1CCNCC1)C1CCOC1. The third-order valence-corrected chi connectivity index (χ3v) is 3.46. The van der Waals surface area contributed by atoms with Gasteiger partial charge in [-0.1, -0.05) is 0 Å². The maximum atomic E-state index is 11.7. The molecule has 5 nitrogen and oxygen atoms in total. The van der Waals surface area contributed by atoms with E-state index in [1.54, 1.807) is 0 Å². The number of ether oxygens (including phenoxy) is 1. The van der Waals surface area contributed by atoms with Crippen LogP contribution in [0.1, 0.15) is 12.8 Å². The molecule has 0 radical (unpaired) electrons. The van der Waals surface area contributed by atoms with Gasteiger partial charge in [0.1, 0.15) is 0 Å². The van der Waals surface area contributed by atoms with Crippen LogP contribution in [0.15, 0.2) is 0 Å². The van der Waals surface area contributed by atoms with Crippen LogP contribution < -0.4 is 10.6 Å². The lowest BCUT2D eigenvalue weighted by Gasteiger charge is -2.27. The molecule has 1 unspecified atom stereocenters. The molecule has 1 atom stereocenters. The van der Waals surface area contributed by atoms with Gasteiger partial charge in [-0.3, -0.25) is 4.79 Å². The molecular formula is C12H23N3O2. The summed E-state index contributed by atoms with van der Waals surface area (Å²) in [6, 6.07) is 0. The van der Waals surface area contributed by atoms with Crippen LogP contribution in [0.25, 0.3) is 0 Å². The number of carbonyl (C=O) groups is 1. The lowest BCUT2D eigenvalue weighted by atomic mass is 10.1. The molecule has 0 spiro atoms. The monoisotopic (exact) mass is 241 g/mol. The summed E-state index contributed by atoms with van der Waals surface area (Å²) in [4.78, 5) is 14.1. The molecule has 0 aromatic carbocycles. The third kappa shape index (κ3) is 4.26. The van der Waals surface area contributed by atoms with E-state index in [0.717, 1.165) is 58.7 Å². The van der Waals surface area contributed by atoms with E-state index < -0.39 is 0 Å². The Morgan fingerprint density at radius 1 is 1.41 bits per heavy atom. The van der Waals surface area contributed by atoms with E-state index in [0.29, 0.717) is 6.61 Å². The molecule has 0 aromatic rings. The minimum absolute atomic E-state index is 0.0918. The molecule has 2 fully saturated rings. The number of hydrogen-bond acceptors (Lipinski definition) is 4. The highest BCUT2D eigenvalue weighted by Crippen LogP contribution is 2.11. The summed E-state index contributed by atoms with van der Waals surface area (Å²) in [5, 5.41) is 6.34. The maximum absolute atomic E-state index is 11.7. The van der Waals surface area contributed by atoms with E-state index in [9.17, 15) is 4.79 Å². The van der Waals surface area contributed by atoms with Gasteiger partial charge < -0.3 is 20.3 Å². The number of amides is 1. The van der Waals surface area contributed by atoms with Crippen molar-refractivity contribution < 1.29 is 9.53 Å². The molecule has 0 saturated carbocycles. The highest BCUT2D eigenvalue weighted by molar-refractivity contribution is 5.78. The van der Waals surface area contributed by atoms with Crippen molar-refractivity contribution in [3.8, 4) is 0 Å². The van der Waals surface area contributed by atoms with E-state index in [-0.39, 0.29) is 11.8 Å². The molecule has 2 aliphatic heterocycles. The standard InChI is InChI=1S/C12H23N3O2/c16-12(11-2-9-17-10-11)14-3-1-6-15-7-4-13-5-8-15/h11,13H,1-10H2,(H,14,16). The van der Waals surface area contributed by atoms with Crippen LogP contribution in [-0.2, 0) is 9.53 Å². The highest BCUT2D eigenvalue weighted by Gasteiger charge is 2.22. The van der Waals surface area contributed by atoms with Crippen molar-refractivity contribution in [1.29, 1.82) is 0 Å². The second kappa shape index (κ2) is 6.93. The van der Waals surface area contributed by atoms with Crippen LogP contribution in [0.2, 0.25) is 0 Å². The van der Waals surface area contributed by atoms with E-state index in [2.05, 4.69) is 15.5 Å². The lowest BCUT2D eigenvalue weighted by Crippen LogP contribution is -2.44. The number of nitrogens with one attached hydrogen (secondary N) is 2. The van der Waals surface area contributed by atoms with Crippen LogP contribution in [-0.4, -0.2) is 63.3 Å². The van der Waals surface area contributed by atoms with E-state index in [1.165, 1.54) is 0 Å². The van der Waals surface area contributed by atoms with Gasteiger partial charge in [-0.15, -0.1) is 0 Å². The first-order valence-electron chi connectivity index (χ1n) is 6.65. The third-order valence-electron chi connectivity index (χ3n) is 3.46. The Hall–Kier alpha value is -0.650. The van der Waals surface area contributed by atoms with Crippen molar-refractivity contribution >= 4 is 5.91 Å². The molecule has 0 aromatic heterocycles. The van der Waals surface area contributed by atoms with Crippen molar-refractivity contribution in [1.82, 2.24) is 15.5 Å². The van der Waals surface area contributed by atoms with Gasteiger partial charge in [0.05, 0.1) is 12.5 Å². The highest BCUT2D eigenvalue weighted by atomic mass is 16.5. The Labute approximate surface area is 103 Å². The molecule has 2 N–H and O–H groups in total. The van der Waals surface area contributed by atoms with Gasteiger partial charge >= 0.3 is 0 Å². The number of piperazine rings is 1. The van der Waals surface area contributed by atoms with Crippen LogP contribution in [0.3, 0.4) is 0 Å². The van der Waals surface area contributed by atoms with E-state index >= 15 is 0 Å². The summed E-state index contributed by atoms with van der Waals surface area (Å²) < 4.78 is 5.20. The van der Waals surface area contributed by atoms with Crippen molar-refractivity contribution in [2.75, 3.05) is 52.5 Å². The van der Waals surface area contributed by atoms with Crippen molar-refractivity contribution in [2.45, 2.75) is 12.8 Å². The molecule has 2 saturated heterocycles. The fourth-order valence-electron chi connectivity index (χ4n) is 2.33. The van der Waals surface area contributed by atoms with Gasteiger partial charge in [-0.25, -0.2) is 0 Å². The van der Waals surface area contributed by atoms with Crippen LogP contribution in [0, 0.1) is 5.92 Å². The smallest absolute Gasteiger partial charge is 0.225 e. The quantitative estimate of drug-likeness (QED) is 0.633. The molecule has 1 amide bonds. The average Bonchev–Trinajstić information content (AvgIpc) is 2.89. The molecule has 2 rings (SSSR count). The van der Waals surface area contributed by atoms with Crippen molar-refractivity contribution in [2.24, 2.45) is 5.92 Å². The normalized spacial score (nSPS) is 26.0. The largest absolute Gasteiger partial charge is 0.381 e. The second-order valence-electron chi connectivity index (χ2n) is 4.80. The fraction of sp³-hybridized carbons (Fsp3) is 0.917. The predicted molar refractivity (Wildman–Crippen MR) is 65.9 cm³/mol. The molecular weight excluding hydrogens is 218 g/mol. The Morgan fingerprint density at radius 2 is 2.24 bits per heavy atom. The van der Waals surface area contributed by atoms with E-state index in [1.807, 2.05) is 0 Å². The molecule has 0 aliphatic carbocycles. The summed E-state index contributed by atoms with van der Waals surface area (Å²) >= 11 is 0. The zero-order chi connectivity index (χ0) is 11.9. The molecule has 2 heterocycles. The van der Waals surface area contributed by atoms with E-state index in [4.69, 9.17) is 4.74 Å². The van der Waals surface area contributed by atoms with Gasteiger partial charge in [0.2, 0.25) is 5.91 Å². The Bertz CT molecular complexity index is 236. The second-order valence-corrected chi connectivity index (χ2v) is 4.80. The Kier molecular flexibility index (Phi) is 5.22. The zero-order valence-electron chi connectivity index (χ0n) is 10.4. The van der Waals surface area contributed by atoms with Gasteiger partial charge in [-0.2, -0.15) is 0 Å². The van der Waals surface area contributed by atoms with Crippen LogP contribution in [0.5, 0.6) is 0 Å². The fourth-order valence-corrected chi connectivity index (χ4v) is 2.33. The molecule has 17 heavy (non-hydrogen) atoms. The number of hydrogen-bond donors (Lipinski definition) is 2. The van der Waals surface area contributed by atoms with Gasteiger partial charge in [-0.05, 0) is 19.4 Å². The van der Waals surface area contributed by atoms with Crippen LogP contribution in [0.4, 0.5) is 0 Å². The van der Waals surface area contributed by atoms with Gasteiger partial charge in [0.25, 0.3) is 0 Å². The summed E-state index contributed by atoms with van der Waals surface area (Å²) in [6.45, 7) is 7.65. The first-order valence-corrected chi connectivity index (χ1v) is 6.65. The number of carbonyl (C=O) groups excluding carboxylic acids is 1. The predicted octanol–water partition coefficient (Wildman–Crippen LogP) is -0.566. The topological polar surface area (TPSA) is 53.6 Å². The Balaban J connectivity index is 1.51. The first-order chi connectivity index (χ1) is 8.36. The zero-order valence-corrected chi connectivity index (χ0v) is 10.4. The number of nitrogens with zero attached hydrogens (tertiary/aromatic N) is 1. The van der Waals surface area contributed by atoms with Gasteiger partial charge in [0.15, 0.2) is 0 Å². The summed E-state index contributed by atoms with van der Waals surface area (Å²) in [7, 11) is 0. The Morgan fingerprint density at radius 3 is 2.94 bits per heavy atom. The molecule has 2 aliphatic rings. The average molecular weight is 241 g/mol. The van der Waals surface area contributed by atoms with Crippen molar-refractivity contribution in [3.63, 3.8) is 0 Å². The summed E-state index contributed by atoms with van der Waals surface area (Å²) in [5.41, 5.74) is 0. The van der Waals surface area contributed by atoms with Crippen LogP contribution >= 0.6 is 0 Å². The first kappa shape index (κ1) is 12.8. The molecule has 5 heteroatoms. The molecule has 98 valence electrons. The van der Waals surface area contributed by atoms with Crippen molar-refractivity contribution in [3.05, 3.63) is 0 Å². The minimum Gasteiger partial charge on any atom is -0.381 e. The molecule has 0 bridgehead atoms. The summed E-state index contributed by atoms with van der Waals surface area (Å²) in [6.07, 6.45) is 1.92. The maximum Gasteiger partial charge on any atom is 0.225 e. The van der Waals surface area contributed by atoms with Gasteiger partial charge in [0, 0.05) is 39.3 Å². The summed E-state index contributed by atoms with van der Waals surface area (Å²) in [5.74, 6) is 0.261.